The van der Waals surface area contributed by atoms with E-state index in [2.05, 4.69) is 5.32 Å². The Hall–Kier alpha value is -2.13. The fourth-order valence-electron chi connectivity index (χ4n) is 3.83. The van der Waals surface area contributed by atoms with Crippen LogP contribution in [0.2, 0.25) is 0 Å². The number of rotatable bonds is 6. The summed E-state index contributed by atoms with van der Waals surface area (Å²) in [6.07, 6.45) is 4.35. The minimum absolute atomic E-state index is 0.0272. The Kier molecular flexibility index (Phi) is 7.13. The molecule has 1 unspecified atom stereocenters. The number of sulfonamides is 1. The third kappa shape index (κ3) is 5.27. The lowest BCUT2D eigenvalue weighted by Gasteiger charge is -2.31. The van der Waals surface area contributed by atoms with Gasteiger partial charge < -0.3 is 15.0 Å². The Labute approximate surface area is 172 Å². The van der Waals surface area contributed by atoms with Gasteiger partial charge in [0.2, 0.25) is 21.8 Å². The summed E-state index contributed by atoms with van der Waals surface area (Å²) in [7, 11) is -2.16. The van der Waals surface area contributed by atoms with Crippen LogP contribution in [0.1, 0.15) is 32.1 Å². The summed E-state index contributed by atoms with van der Waals surface area (Å²) in [5.41, 5.74) is 0. The van der Waals surface area contributed by atoms with Gasteiger partial charge in [0.25, 0.3) is 0 Å². The van der Waals surface area contributed by atoms with Gasteiger partial charge in [-0.05, 0) is 56.4 Å². The van der Waals surface area contributed by atoms with E-state index in [9.17, 15) is 18.0 Å². The summed E-state index contributed by atoms with van der Waals surface area (Å²) >= 11 is 0. The van der Waals surface area contributed by atoms with Gasteiger partial charge in [0, 0.05) is 26.2 Å². The summed E-state index contributed by atoms with van der Waals surface area (Å²) in [6, 6.07) is 6.23. The zero-order chi connectivity index (χ0) is 20.9. The SMILES string of the molecule is COc1ccc(S(=O)(=O)N2CCCC(C(=O)NCC(=O)N3CCCCC3)C2)cc1. The van der Waals surface area contributed by atoms with Gasteiger partial charge in [0.05, 0.1) is 24.5 Å². The molecular formula is C20H29N3O5S. The fraction of sp³-hybridized carbons (Fsp3) is 0.600. The topological polar surface area (TPSA) is 96.0 Å². The summed E-state index contributed by atoms with van der Waals surface area (Å²) in [5.74, 6) is -0.203. The maximum Gasteiger partial charge on any atom is 0.243 e. The number of nitrogens with zero attached hydrogens (tertiary/aromatic N) is 2. The second-order valence-electron chi connectivity index (χ2n) is 7.54. The molecule has 160 valence electrons. The van der Waals surface area contributed by atoms with Crippen LogP contribution < -0.4 is 10.1 Å². The standard InChI is InChI=1S/C20H29N3O5S/c1-28-17-7-9-18(10-8-17)29(26,27)23-13-5-6-16(15-23)20(25)21-14-19(24)22-11-3-2-4-12-22/h7-10,16H,2-6,11-15H2,1H3,(H,21,25). The van der Waals surface area contributed by atoms with Crippen LogP contribution in [0.3, 0.4) is 0 Å². The van der Waals surface area contributed by atoms with Gasteiger partial charge in [0.1, 0.15) is 5.75 Å². The number of likely N-dealkylation sites (tertiary alicyclic amines) is 1. The molecule has 2 amide bonds. The minimum atomic E-state index is -3.68. The number of benzene rings is 1. The molecule has 0 aliphatic carbocycles. The van der Waals surface area contributed by atoms with Crippen molar-refractivity contribution in [2.75, 3.05) is 39.8 Å². The number of carbonyl (C=O) groups is 2. The Morgan fingerprint density at radius 2 is 1.76 bits per heavy atom. The first-order chi connectivity index (χ1) is 13.9. The molecule has 1 aromatic carbocycles. The molecule has 1 aromatic rings. The van der Waals surface area contributed by atoms with Crippen molar-refractivity contribution in [1.29, 1.82) is 0 Å². The van der Waals surface area contributed by atoms with Crippen molar-refractivity contribution in [2.45, 2.75) is 37.0 Å². The molecule has 0 bridgehead atoms. The molecule has 0 aromatic heterocycles. The second-order valence-corrected chi connectivity index (χ2v) is 9.47. The van der Waals surface area contributed by atoms with Crippen LogP contribution in [0.4, 0.5) is 0 Å². The summed E-state index contributed by atoms with van der Waals surface area (Å²) in [4.78, 5) is 26.8. The molecule has 1 atom stereocenters. The summed E-state index contributed by atoms with van der Waals surface area (Å²) in [6.45, 7) is 1.96. The highest BCUT2D eigenvalue weighted by molar-refractivity contribution is 7.89. The predicted octanol–water partition coefficient (Wildman–Crippen LogP) is 1.22. The predicted molar refractivity (Wildman–Crippen MR) is 108 cm³/mol. The molecule has 2 aliphatic heterocycles. The monoisotopic (exact) mass is 423 g/mol. The number of carbonyl (C=O) groups excluding carboxylic acids is 2. The number of hydrogen-bond acceptors (Lipinski definition) is 5. The lowest BCUT2D eigenvalue weighted by Crippen LogP contribution is -2.48. The van der Waals surface area contributed by atoms with Crippen molar-refractivity contribution in [2.24, 2.45) is 5.92 Å². The van der Waals surface area contributed by atoms with Gasteiger partial charge >= 0.3 is 0 Å². The van der Waals surface area contributed by atoms with Crippen molar-refractivity contribution in [3.05, 3.63) is 24.3 Å². The maximum absolute atomic E-state index is 12.9. The van der Waals surface area contributed by atoms with Crippen molar-refractivity contribution < 1.29 is 22.7 Å². The van der Waals surface area contributed by atoms with Crippen LogP contribution in [-0.2, 0) is 19.6 Å². The van der Waals surface area contributed by atoms with E-state index < -0.39 is 15.9 Å². The normalized spacial score (nSPS) is 20.9. The number of nitrogens with one attached hydrogen (secondary N) is 1. The molecule has 0 spiro atoms. The molecule has 2 heterocycles. The summed E-state index contributed by atoms with van der Waals surface area (Å²) in [5, 5.41) is 2.71. The van der Waals surface area contributed by atoms with Crippen LogP contribution in [0.5, 0.6) is 5.75 Å². The quantitative estimate of drug-likeness (QED) is 0.742. The maximum atomic E-state index is 12.9. The zero-order valence-corrected chi connectivity index (χ0v) is 17.6. The van der Waals surface area contributed by atoms with E-state index in [0.29, 0.717) is 25.1 Å². The Morgan fingerprint density at radius 3 is 2.41 bits per heavy atom. The number of hydrogen-bond donors (Lipinski definition) is 1. The van der Waals surface area contributed by atoms with E-state index >= 15 is 0 Å². The second kappa shape index (κ2) is 9.58. The van der Waals surface area contributed by atoms with Crippen LogP contribution in [0.25, 0.3) is 0 Å². The van der Waals surface area contributed by atoms with Gasteiger partial charge in [-0.15, -0.1) is 0 Å². The van der Waals surface area contributed by atoms with E-state index in [4.69, 9.17) is 4.74 Å². The van der Waals surface area contributed by atoms with E-state index in [-0.39, 0.29) is 29.8 Å². The molecule has 29 heavy (non-hydrogen) atoms. The van der Waals surface area contributed by atoms with Crippen molar-refractivity contribution in [3.63, 3.8) is 0 Å². The van der Waals surface area contributed by atoms with Crippen molar-refractivity contribution >= 4 is 21.8 Å². The average molecular weight is 424 g/mol. The van der Waals surface area contributed by atoms with Crippen LogP contribution in [-0.4, -0.2) is 69.3 Å². The number of ether oxygens (including phenoxy) is 1. The van der Waals surface area contributed by atoms with E-state index in [1.165, 1.54) is 23.5 Å². The van der Waals surface area contributed by atoms with Gasteiger partial charge in [-0.1, -0.05) is 0 Å². The van der Waals surface area contributed by atoms with Crippen LogP contribution >= 0.6 is 0 Å². The highest BCUT2D eigenvalue weighted by Crippen LogP contribution is 2.25. The Bertz CT molecular complexity index is 819. The molecule has 2 fully saturated rings. The fourth-order valence-corrected chi connectivity index (χ4v) is 5.36. The molecule has 9 heteroatoms. The van der Waals surface area contributed by atoms with E-state index in [0.717, 1.165) is 32.4 Å². The molecular weight excluding hydrogens is 394 g/mol. The van der Waals surface area contributed by atoms with E-state index in [1.54, 1.807) is 17.0 Å². The largest absolute Gasteiger partial charge is 0.497 e. The van der Waals surface area contributed by atoms with Gasteiger partial charge in [0.15, 0.2) is 0 Å². The Balaban J connectivity index is 1.57. The number of piperidine rings is 2. The first kappa shape index (κ1) is 21.6. The third-order valence-corrected chi connectivity index (χ3v) is 7.45. The lowest BCUT2D eigenvalue weighted by molar-refractivity contribution is -0.134. The Morgan fingerprint density at radius 1 is 1.07 bits per heavy atom. The highest BCUT2D eigenvalue weighted by Gasteiger charge is 2.33. The average Bonchev–Trinajstić information content (AvgIpc) is 2.78. The first-order valence-corrected chi connectivity index (χ1v) is 11.6. The highest BCUT2D eigenvalue weighted by atomic mass is 32.2. The lowest BCUT2D eigenvalue weighted by atomic mass is 9.99. The zero-order valence-electron chi connectivity index (χ0n) is 16.8. The van der Waals surface area contributed by atoms with Gasteiger partial charge in [-0.25, -0.2) is 8.42 Å². The smallest absolute Gasteiger partial charge is 0.243 e. The molecule has 2 aliphatic rings. The number of methoxy groups -OCH3 is 1. The molecule has 1 N–H and O–H groups in total. The van der Waals surface area contributed by atoms with Gasteiger partial charge in [-0.2, -0.15) is 4.31 Å². The molecule has 0 radical (unpaired) electrons. The van der Waals surface area contributed by atoms with Crippen molar-refractivity contribution in [3.8, 4) is 5.75 Å². The molecule has 3 rings (SSSR count). The first-order valence-electron chi connectivity index (χ1n) is 10.1. The van der Waals surface area contributed by atoms with Crippen LogP contribution in [0, 0.1) is 5.92 Å². The van der Waals surface area contributed by atoms with E-state index in [1.807, 2.05) is 0 Å². The molecule has 2 saturated heterocycles. The van der Waals surface area contributed by atoms with Crippen molar-refractivity contribution in [1.82, 2.24) is 14.5 Å². The minimum Gasteiger partial charge on any atom is -0.497 e. The number of amides is 2. The summed E-state index contributed by atoms with van der Waals surface area (Å²) < 4.78 is 32.3. The van der Waals surface area contributed by atoms with Gasteiger partial charge in [-0.3, -0.25) is 9.59 Å². The third-order valence-electron chi connectivity index (χ3n) is 5.57. The molecule has 8 nitrogen and oxygen atoms in total. The van der Waals surface area contributed by atoms with Crippen LogP contribution in [0.15, 0.2) is 29.2 Å². The molecule has 0 saturated carbocycles.